The Morgan fingerprint density at radius 1 is 1.17 bits per heavy atom. The topological polar surface area (TPSA) is 90.6 Å². The van der Waals surface area contributed by atoms with E-state index in [1.54, 1.807) is 11.3 Å². The summed E-state index contributed by atoms with van der Waals surface area (Å²) in [6.07, 6.45) is 6.64. The van der Waals surface area contributed by atoms with Crippen molar-refractivity contribution in [2.45, 2.75) is 57.1 Å². The van der Waals surface area contributed by atoms with Gasteiger partial charge < -0.3 is 15.2 Å². The number of aromatic nitrogens is 2. The number of thiophene rings is 1. The summed E-state index contributed by atoms with van der Waals surface area (Å²) in [4.78, 5) is 25.3. The lowest BCUT2D eigenvalue weighted by atomic mass is 9.87. The van der Waals surface area contributed by atoms with Crippen molar-refractivity contribution in [2.75, 3.05) is 26.3 Å². The van der Waals surface area contributed by atoms with Crippen molar-refractivity contribution in [3.05, 3.63) is 15.7 Å². The third-order valence-corrected chi connectivity index (χ3v) is 8.09. The highest BCUT2D eigenvalue weighted by Gasteiger charge is 2.31. The van der Waals surface area contributed by atoms with Crippen LogP contribution in [0.2, 0.25) is 5.28 Å². The van der Waals surface area contributed by atoms with Gasteiger partial charge in [0.2, 0.25) is 17.1 Å². The lowest BCUT2D eigenvalue weighted by molar-refractivity contribution is -0.122. The maximum atomic E-state index is 11.8. The van der Waals surface area contributed by atoms with Gasteiger partial charge in [-0.25, -0.2) is 4.98 Å². The number of nitrogens with two attached hydrogens (primary N) is 1. The standard InChI is InChI=1S/C21H27ClN4O3S/c22-21-24-19(29-14-4-2-13(3-5-14)26-7-9-28-10-8-26)17-15-11-12(18(23)27)1-6-16(15)30-20(17)25-21/h12-14H,1-11H2,(H2,23,27). The molecule has 9 heteroatoms. The molecule has 0 aromatic carbocycles. The number of hydrogen-bond acceptors (Lipinski definition) is 7. The molecular formula is C21H27ClN4O3S. The zero-order chi connectivity index (χ0) is 20.7. The highest BCUT2D eigenvalue weighted by Crippen LogP contribution is 2.42. The molecule has 1 saturated carbocycles. The van der Waals surface area contributed by atoms with Gasteiger partial charge in [0.25, 0.3) is 0 Å². The Hall–Kier alpha value is -1.48. The fourth-order valence-electron chi connectivity index (χ4n) is 5.07. The van der Waals surface area contributed by atoms with Crippen molar-refractivity contribution >= 4 is 39.1 Å². The third kappa shape index (κ3) is 4.02. The molecule has 0 spiro atoms. The fourth-order valence-corrected chi connectivity index (χ4v) is 6.49. The number of carbonyl (C=O) groups is 1. The summed E-state index contributed by atoms with van der Waals surface area (Å²) in [6, 6.07) is 0.619. The number of morpholine rings is 1. The van der Waals surface area contributed by atoms with E-state index in [9.17, 15) is 4.79 Å². The van der Waals surface area contributed by atoms with Gasteiger partial charge in [0, 0.05) is 29.9 Å². The van der Waals surface area contributed by atoms with Crippen molar-refractivity contribution in [2.24, 2.45) is 11.7 Å². The van der Waals surface area contributed by atoms with Gasteiger partial charge in [0.15, 0.2) is 0 Å². The number of fused-ring (bicyclic) bond motifs is 3. The minimum absolute atomic E-state index is 0.127. The molecule has 2 aliphatic carbocycles. The van der Waals surface area contributed by atoms with E-state index in [-0.39, 0.29) is 23.2 Å². The summed E-state index contributed by atoms with van der Waals surface area (Å²) in [7, 11) is 0. The van der Waals surface area contributed by atoms with Crippen LogP contribution in [-0.4, -0.2) is 59.2 Å². The second kappa shape index (κ2) is 8.57. The monoisotopic (exact) mass is 450 g/mol. The average Bonchev–Trinajstić information content (AvgIpc) is 3.12. The number of carbonyl (C=O) groups excluding carboxylic acids is 1. The molecule has 162 valence electrons. The van der Waals surface area contributed by atoms with Crippen LogP contribution in [0.1, 0.15) is 42.5 Å². The molecule has 2 aromatic heterocycles. The van der Waals surface area contributed by atoms with Crippen LogP contribution >= 0.6 is 22.9 Å². The minimum atomic E-state index is -0.237. The highest BCUT2D eigenvalue weighted by molar-refractivity contribution is 7.18. The number of nitrogens with zero attached hydrogens (tertiary/aromatic N) is 3. The van der Waals surface area contributed by atoms with Gasteiger partial charge in [-0.1, -0.05) is 0 Å². The minimum Gasteiger partial charge on any atom is -0.474 e. The molecule has 3 aliphatic rings. The average molecular weight is 451 g/mol. The van der Waals surface area contributed by atoms with Crippen LogP contribution in [0.3, 0.4) is 0 Å². The van der Waals surface area contributed by atoms with Crippen LogP contribution in [0.15, 0.2) is 0 Å². The van der Waals surface area contributed by atoms with Crippen molar-refractivity contribution in [1.82, 2.24) is 14.9 Å². The molecule has 1 amide bonds. The van der Waals surface area contributed by atoms with E-state index < -0.39 is 0 Å². The van der Waals surface area contributed by atoms with Crippen LogP contribution in [-0.2, 0) is 22.4 Å². The maximum Gasteiger partial charge on any atom is 0.227 e. The summed E-state index contributed by atoms with van der Waals surface area (Å²) in [6.45, 7) is 3.73. The van der Waals surface area contributed by atoms with Crippen LogP contribution in [0, 0.1) is 5.92 Å². The molecule has 1 unspecified atom stereocenters. The Labute approximate surface area is 184 Å². The first-order chi connectivity index (χ1) is 14.6. The molecule has 0 radical (unpaired) electrons. The van der Waals surface area contributed by atoms with Crippen molar-refractivity contribution < 1.29 is 14.3 Å². The van der Waals surface area contributed by atoms with Gasteiger partial charge in [0.05, 0.1) is 18.6 Å². The summed E-state index contributed by atoms with van der Waals surface area (Å²) in [5, 5.41) is 1.14. The first-order valence-electron chi connectivity index (χ1n) is 10.8. The SMILES string of the molecule is NC(=O)C1CCc2sc3nc(Cl)nc(OC4CCC(N5CCOCC5)CC4)c3c2C1. The van der Waals surface area contributed by atoms with Gasteiger partial charge >= 0.3 is 0 Å². The van der Waals surface area contributed by atoms with Gasteiger partial charge in [0.1, 0.15) is 10.9 Å². The van der Waals surface area contributed by atoms with Crippen molar-refractivity contribution in [1.29, 1.82) is 0 Å². The largest absolute Gasteiger partial charge is 0.474 e. The molecule has 0 bridgehead atoms. The van der Waals surface area contributed by atoms with Crippen LogP contribution in [0.25, 0.3) is 10.2 Å². The quantitative estimate of drug-likeness (QED) is 0.720. The van der Waals surface area contributed by atoms with Crippen molar-refractivity contribution in [3.63, 3.8) is 0 Å². The molecule has 2 fully saturated rings. The second-order valence-electron chi connectivity index (χ2n) is 8.52. The van der Waals surface area contributed by atoms with Crippen LogP contribution in [0.5, 0.6) is 5.88 Å². The normalized spacial score (nSPS) is 27.7. The number of ether oxygens (including phenoxy) is 2. The highest BCUT2D eigenvalue weighted by atomic mass is 35.5. The van der Waals surface area contributed by atoms with E-state index in [1.165, 1.54) is 4.88 Å². The predicted molar refractivity (Wildman–Crippen MR) is 116 cm³/mol. The summed E-state index contributed by atoms with van der Waals surface area (Å²) in [5.41, 5.74) is 6.72. The molecule has 1 atom stereocenters. The smallest absolute Gasteiger partial charge is 0.227 e. The fraction of sp³-hybridized carbons (Fsp3) is 0.667. The van der Waals surface area contributed by atoms with E-state index in [0.717, 1.165) is 80.6 Å². The number of hydrogen-bond donors (Lipinski definition) is 1. The van der Waals surface area contributed by atoms with Gasteiger partial charge in [-0.15, -0.1) is 11.3 Å². The van der Waals surface area contributed by atoms with E-state index in [2.05, 4.69) is 14.9 Å². The Morgan fingerprint density at radius 2 is 1.93 bits per heavy atom. The molecule has 3 heterocycles. The third-order valence-electron chi connectivity index (χ3n) is 6.73. The Balaban J connectivity index is 1.34. The summed E-state index contributed by atoms with van der Waals surface area (Å²) in [5.74, 6) is 0.198. The first-order valence-corrected chi connectivity index (χ1v) is 12.0. The van der Waals surface area contributed by atoms with Gasteiger partial charge in [-0.3, -0.25) is 9.69 Å². The summed E-state index contributed by atoms with van der Waals surface area (Å²) < 4.78 is 11.9. The molecule has 2 aromatic rings. The van der Waals surface area contributed by atoms with Gasteiger partial charge in [-0.2, -0.15) is 4.98 Å². The zero-order valence-corrected chi connectivity index (χ0v) is 18.5. The lowest BCUT2D eigenvalue weighted by Crippen LogP contribution is -2.46. The molecule has 7 nitrogen and oxygen atoms in total. The number of aryl methyl sites for hydroxylation is 1. The Morgan fingerprint density at radius 3 is 2.67 bits per heavy atom. The van der Waals surface area contributed by atoms with E-state index in [4.69, 9.17) is 26.8 Å². The van der Waals surface area contributed by atoms with Crippen LogP contribution < -0.4 is 10.5 Å². The molecule has 2 N–H and O–H groups in total. The number of amides is 1. The number of rotatable bonds is 4. The maximum absolute atomic E-state index is 11.8. The Kier molecular flexibility index (Phi) is 5.84. The molecular weight excluding hydrogens is 424 g/mol. The van der Waals surface area contributed by atoms with E-state index in [0.29, 0.717) is 18.3 Å². The van der Waals surface area contributed by atoms with E-state index >= 15 is 0 Å². The molecule has 1 aliphatic heterocycles. The molecule has 5 rings (SSSR count). The zero-order valence-electron chi connectivity index (χ0n) is 16.9. The Bertz CT molecular complexity index is 938. The van der Waals surface area contributed by atoms with Crippen LogP contribution in [0.4, 0.5) is 0 Å². The van der Waals surface area contributed by atoms with E-state index in [1.807, 2.05) is 0 Å². The van der Waals surface area contributed by atoms with Crippen molar-refractivity contribution in [3.8, 4) is 5.88 Å². The number of halogens is 1. The number of primary amides is 1. The molecule has 1 saturated heterocycles. The molecule has 30 heavy (non-hydrogen) atoms. The van der Waals surface area contributed by atoms with Gasteiger partial charge in [-0.05, 0) is 62.1 Å². The first kappa shape index (κ1) is 20.4. The lowest BCUT2D eigenvalue weighted by Gasteiger charge is -2.38. The predicted octanol–water partition coefficient (Wildman–Crippen LogP) is 2.96. The second-order valence-corrected chi connectivity index (χ2v) is 9.94. The summed E-state index contributed by atoms with van der Waals surface area (Å²) >= 11 is 7.86.